The first kappa shape index (κ1) is 18.8. The molecular formula is C20H23N3O4S. The molecule has 2 aliphatic rings. The number of methoxy groups -OCH3 is 1. The second-order valence-electron chi connectivity index (χ2n) is 6.60. The average molecular weight is 401 g/mol. The molecule has 8 heteroatoms. The maximum Gasteiger partial charge on any atom is 0.260 e. The summed E-state index contributed by atoms with van der Waals surface area (Å²) in [5, 5.41) is 6.25. The second kappa shape index (κ2) is 8.20. The van der Waals surface area contributed by atoms with Crippen molar-refractivity contribution in [1.29, 1.82) is 0 Å². The second-order valence-corrected chi connectivity index (χ2v) is 7.75. The molecule has 7 nitrogen and oxygen atoms in total. The van der Waals surface area contributed by atoms with Crippen LogP contribution in [0.3, 0.4) is 0 Å². The number of morpholine rings is 1. The molecule has 2 saturated heterocycles. The molecule has 3 heterocycles. The summed E-state index contributed by atoms with van der Waals surface area (Å²) in [5.41, 5.74) is 1.68. The fourth-order valence-electron chi connectivity index (χ4n) is 3.14. The lowest BCUT2D eigenvalue weighted by Crippen LogP contribution is -2.35. The van der Waals surface area contributed by atoms with Crippen molar-refractivity contribution < 1.29 is 18.7 Å². The highest BCUT2D eigenvalue weighted by molar-refractivity contribution is 8.05. The highest BCUT2D eigenvalue weighted by Gasteiger charge is 2.28. The number of anilines is 2. The molecule has 2 fully saturated rings. The number of hydrogen-bond donors (Lipinski definition) is 2. The normalized spacial score (nSPS) is 21.1. The summed E-state index contributed by atoms with van der Waals surface area (Å²) < 4.78 is 16.7. The number of benzene rings is 1. The Morgan fingerprint density at radius 1 is 1.29 bits per heavy atom. The number of nitrogens with zero attached hydrogens (tertiary/aromatic N) is 1. The van der Waals surface area contributed by atoms with Gasteiger partial charge in [0.2, 0.25) is 0 Å². The number of carbonyl (C=O) groups excluding carboxylic acids is 1. The summed E-state index contributed by atoms with van der Waals surface area (Å²) in [6.07, 6.45) is 1.78. The van der Waals surface area contributed by atoms with Crippen molar-refractivity contribution in [3.8, 4) is 5.75 Å². The van der Waals surface area contributed by atoms with Gasteiger partial charge in [-0.1, -0.05) is 17.8 Å². The van der Waals surface area contributed by atoms with E-state index in [9.17, 15) is 4.79 Å². The first-order valence-corrected chi connectivity index (χ1v) is 10.0. The van der Waals surface area contributed by atoms with Crippen LogP contribution in [0.5, 0.6) is 5.75 Å². The molecule has 1 aromatic carbocycles. The molecule has 0 saturated carbocycles. The highest BCUT2D eigenvalue weighted by atomic mass is 32.2. The van der Waals surface area contributed by atoms with Crippen molar-refractivity contribution in [2.24, 2.45) is 0 Å². The SMILES string of the molecule is COc1ccc(C)cc1NC1NC(=O)/C(=C/c2ccc(N3CCOCC3)o2)S1. The van der Waals surface area contributed by atoms with Gasteiger partial charge in [-0.05, 0) is 30.7 Å². The van der Waals surface area contributed by atoms with Gasteiger partial charge in [0.25, 0.3) is 5.91 Å². The Labute approximate surface area is 168 Å². The molecule has 0 bridgehead atoms. The topological polar surface area (TPSA) is 76.0 Å². The van der Waals surface area contributed by atoms with E-state index in [1.54, 1.807) is 13.2 Å². The summed E-state index contributed by atoms with van der Waals surface area (Å²) in [4.78, 5) is 15.1. The molecule has 2 N–H and O–H groups in total. The Morgan fingerprint density at radius 2 is 2.11 bits per heavy atom. The number of ether oxygens (including phenoxy) is 2. The van der Waals surface area contributed by atoms with E-state index in [-0.39, 0.29) is 11.4 Å². The molecule has 1 amide bonds. The van der Waals surface area contributed by atoms with E-state index in [0.29, 0.717) is 23.9 Å². The molecule has 1 aromatic heterocycles. The third-order valence-electron chi connectivity index (χ3n) is 4.58. The molecule has 0 radical (unpaired) electrons. The number of aryl methyl sites for hydroxylation is 1. The summed E-state index contributed by atoms with van der Waals surface area (Å²) >= 11 is 1.42. The van der Waals surface area contributed by atoms with Gasteiger partial charge >= 0.3 is 0 Å². The van der Waals surface area contributed by atoms with Gasteiger partial charge in [-0.15, -0.1) is 0 Å². The zero-order valence-electron chi connectivity index (χ0n) is 15.9. The van der Waals surface area contributed by atoms with Gasteiger partial charge < -0.3 is 29.4 Å². The molecule has 0 aliphatic carbocycles. The molecule has 4 rings (SSSR count). The van der Waals surface area contributed by atoms with Crippen molar-refractivity contribution in [3.63, 3.8) is 0 Å². The van der Waals surface area contributed by atoms with Crippen LogP contribution in [0.1, 0.15) is 11.3 Å². The smallest absolute Gasteiger partial charge is 0.260 e. The van der Waals surface area contributed by atoms with E-state index in [1.807, 2.05) is 37.3 Å². The number of amides is 1. The third-order valence-corrected chi connectivity index (χ3v) is 5.61. The van der Waals surface area contributed by atoms with Gasteiger partial charge in [0, 0.05) is 25.2 Å². The molecule has 148 valence electrons. The predicted octanol–water partition coefficient (Wildman–Crippen LogP) is 3.03. The van der Waals surface area contributed by atoms with E-state index in [4.69, 9.17) is 13.9 Å². The number of hydrogen-bond acceptors (Lipinski definition) is 7. The standard InChI is InChI=1S/C20H23N3O4S/c1-13-3-5-16(25-2)15(11-13)21-20-22-19(24)17(28-20)12-14-4-6-18(27-14)23-7-9-26-10-8-23/h3-6,11-12,20-21H,7-10H2,1-2H3,(H,22,24)/b17-12-. The number of thioether (sulfide) groups is 1. The van der Waals surface area contributed by atoms with Gasteiger partial charge in [0.05, 0.1) is 30.9 Å². The van der Waals surface area contributed by atoms with Crippen LogP contribution in [0.25, 0.3) is 6.08 Å². The zero-order valence-corrected chi connectivity index (χ0v) is 16.7. The van der Waals surface area contributed by atoms with Crippen LogP contribution in [0.2, 0.25) is 0 Å². The van der Waals surface area contributed by atoms with Crippen LogP contribution in [-0.4, -0.2) is 44.8 Å². The van der Waals surface area contributed by atoms with E-state index < -0.39 is 0 Å². The van der Waals surface area contributed by atoms with Gasteiger partial charge in [-0.3, -0.25) is 4.79 Å². The van der Waals surface area contributed by atoms with Gasteiger partial charge in [0.1, 0.15) is 11.5 Å². The van der Waals surface area contributed by atoms with E-state index >= 15 is 0 Å². The molecule has 1 unspecified atom stereocenters. The van der Waals surface area contributed by atoms with Crippen LogP contribution in [0.4, 0.5) is 11.6 Å². The van der Waals surface area contributed by atoms with Crippen molar-refractivity contribution in [2.75, 3.05) is 43.6 Å². The Bertz CT molecular complexity index is 889. The molecule has 2 aliphatic heterocycles. The van der Waals surface area contributed by atoms with Gasteiger partial charge in [0.15, 0.2) is 11.4 Å². The van der Waals surface area contributed by atoms with Crippen LogP contribution in [0, 0.1) is 6.92 Å². The Balaban J connectivity index is 1.45. The predicted molar refractivity (Wildman–Crippen MR) is 111 cm³/mol. The lowest BCUT2D eigenvalue weighted by molar-refractivity contribution is -0.116. The Morgan fingerprint density at radius 3 is 2.89 bits per heavy atom. The third kappa shape index (κ3) is 4.13. The molecule has 1 atom stereocenters. The fourth-order valence-corrected chi connectivity index (χ4v) is 4.10. The lowest BCUT2D eigenvalue weighted by Gasteiger charge is -2.26. The highest BCUT2D eigenvalue weighted by Crippen LogP contribution is 2.34. The summed E-state index contributed by atoms with van der Waals surface area (Å²) in [6, 6.07) is 9.71. The summed E-state index contributed by atoms with van der Waals surface area (Å²) in [5.74, 6) is 2.07. The minimum atomic E-state index is -0.275. The number of nitrogens with one attached hydrogen (secondary N) is 2. The van der Waals surface area contributed by atoms with Crippen molar-refractivity contribution in [1.82, 2.24) is 5.32 Å². The quantitative estimate of drug-likeness (QED) is 0.746. The van der Waals surface area contributed by atoms with Crippen LogP contribution >= 0.6 is 11.8 Å². The van der Waals surface area contributed by atoms with Crippen LogP contribution in [-0.2, 0) is 9.53 Å². The maximum absolute atomic E-state index is 12.4. The Hall–Kier alpha value is -2.58. The van der Waals surface area contributed by atoms with Crippen molar-refractivity contribution >= 4 is 35.3 Å². The average Bonchev–Trinajstić information content (AvgIpc) is 3.30. The van der Waals surface area contributed by atoms with Crippen LogP contribution < -0.4 is 20.3 Å². The van der Waals surface area contributed by atoms with Crippen molar-refractivity contribution in [3.05, 3.63) is 46.6 Å². The van der Waals surface area contributed by atoms with Crippen molar-refractivity contribution in [2.45, 2.75) is 12.4 Å². The van der Waals surface area contributed by atoms with Gasteiger partial charge in [-0.25, -0.2) is 0 Å². The fraction of sp³-hybridized carbons (Fsp3) is 0.350. The molecule has 0 spiro atoms. The lowest BCUT2D eigenvalue weighted by atomic mass is 10.2. The first-order valence-electron chi connectivity index (χ1n) is 9.15. The van der Waals surface area contributed by atoms with Gasteiger partial charge in [-0.2, -0.15) is 0 Å². The van der Waals surface area contributed by atoms with E-state index in [0.717, 1.165) is 36.0 Å². The number of rotatable bonds is 5. The monoisotopic (exact) mass is 401 g/mol. The van der Waals surface area contributed by atoms with E-state index in [2.05, 4.69) is 15.5 Å². The summed E-state index contributed by atoms with van der Waals surface area (Å²) in [6.45, 7) is 5.03. The largest absolute Gasteiger partial charge is 0.495 e. The zero-order chi connectivity index (χ0) is 19.5. The molecule has 28 heavy (non-hydrogen) atoms. The van der Waals surface area contributed by atoms with E-state index in [1.165, 1.54) is 11.8 Å². The first-order chi connectivity index (χ1) is 13.6. The maximum atomic E-state index is 12.4. The molecular weight excluding hydrogens is 378 g/mol. The number of carbonyl (C=O) groups is 1. The molecule has 2 aromatic rings. The van der Waals surface area contributed by atoms with Crippen LogP contribution in [0.15, 0.2) is 39.7 Å². The minimum absolute atomic E-state index is 0.126. The minimum Gasteiger partial charge on any atom is -0.495 e. The Kier molecular flexibility index (Phi) is 5.50. The summed E-state index contributed by atoms with van der Waals surface area (Å²) in [7, 11) is 1.63. The number of furan rings is 1.